The molecule has 0 saturated carbocycles. The molecular weight excluding hydrogens is 384 g/mol. The first-order chi connectivity index (χ1) is 8.65. The van der Waals surface area contributed by atoms with Gasteiger partial charge in [0.2, 0.25) is 12.7 Å². The summed E-state index contributed by atoms with van der Waals surface area (Å²) < 4.78 is 8.46. The Morgan fingerprint density at radius 2 is 1.10 bits per heavy atom. The zero-order valence-corrected chi connectivity index (χ0v) is 16.0. The van der Waals surface area contributed by atoms with Crippen molar-refractivity contribution in [3.05, 3.63) is 37.4 Å². The minimum absolute atomic E-state index is 0. The molecule has 2 rings (SSSR count). The van der Waals surface area contributed by atoms with Crippen LogP contribution in [0.25, 0.3) is 0 Å². The molecule has 116 valence electrons. The number of aromatic nitrogens is 4. The smallest absolute Gasteiger partial charge is 0.243 e. The molecule has 2 heterocycles. The number of hydrogen-bond acceptors (Lipinski definition) is 0. The van der Waals surface area contributed by atoms with Crippen molar-refractivity contribution in [2.45, 2.75) is 39.8 Å². The average Bonchev–Trinajstić information content (AvgIpc) is 2.90. The summed E-state index contributed by atoms with van der Waals surface area (Å²) >= 11 is 0. The van der Waals surface area contributed by atoms with Crippen molar-refractivity contribution in [1.82, 2.24) is 9.13 Å². The molecule has 0 bridgehead atoms. The van der Waals surface area contributed by atoms with E-state index in [0.717, 1.165) is 13.1 Å². The van der Waals surface area contributed by atoms with Crippen LogP contribution in [-0.2, 0) is 27.2 Å². The third-order valence-corrected chi connectivity index (χ3v) is 2.61. The van der Waals surface area contributed by atoms with E-state index in [1.165, 1.54) is 12.8 Å². The van der Waals surface area contributed by atoms with Crippen LogP contribution in [-0.4, -0.2) is 9.13 Å². The fourth-order valence-corrected chi connectivity index (χ4v) is 1.78. The maximum atomic E-state index is 2.18. The second-order valence-electron chi connectivity index (χ2n) is 4.63. The topological polar surface area (TPSA) is 17.6 Å². The van der Waals surface area contributed by atoms with E-state index in [0.29, 0.717) is 0 Å². The van der Waals surface area contributed by atoms with E-state index in [4.69, 9.17) is 0 Å². The third-order valence-electron chi connectivity index (χ3n) is 2.61. The molecular formula is C14H26Br2N4. The Hall–Kier alpha value is -0.620. The summed E-state index contributed by atoms with van der Waals surface area (Å²) in [5, 5.41) is 0. The number of nitrogens with zero attached hydrogens (tertiary/aromatic N) is 4. The van der Waals surface area contributed by atoms with Crippen molar-refractivity contribution in [2.24, 2.45) is 14.1 Å². The maximum absolute atomic E-state index is 2.18. The molecule has 2 aromatic rings. The lowest BCUT2D eigenvalue weighted by Crippen LogP contribution is -3.00. The van der Waals surface area contributed by atoms with Gasteiger partial charge in [-0.25, -0.2) is 18.3 Å². The monoisotopic (exact) mass is 408 g/mol. The van der Waals surface area contributed by atoms with Gasteiger partial charge in [-0.05, 0) is 12.8 Å². The Labute approximate surface area is 143 Å². The molecule has 0 atom stereocenters. The molecule has 0 amide bonds. The molecule has 0 aromatic carbocycles. The van der Waals surface area contributed by atoms with Crippen LogP contribution in [0.2, 0.25) is 0 Å². The molecule has 0 fully saturated rings. The predicted molar refractivity (Wildman–Crippen MR) is 71.8 cm³/mol. The first kappa shape index (κ1) is 21.7. The lowest BCUT2D eigenvalue weighted by atomic mass is 10.5. The standard InChI is InChI=1S/2C7H13N2.2BrH/c2*1-3-4-9-6-5-8(2)7-9;;/h2*5-7H,3-4H2,1-2H3;2*1H/q2*+1;;/p-2. The zero-order chi connectivity index (χ0) is 13.4. The second kappa shape index (κ2) is 12.1. The van der Waals surface area contributed by atoms with Gasteiger partial charge in [-0.15, -0.1) is 0 Å². The lowest BCUT2D eigenvalue weighted by Gasteiger charge is -1.86. The molecule has 0 aliphatic rings. The van der Waals surface area contributed by atoms with E-state index < -0.39 is 0 Å². The first-order valence-electron chi connectivity index (χ1n) is 6.67. The van der Waals surface area contributed by atoms with Crippen LogP contribution in [0.4, 0.5) is 0 Å². The van der Waals surface area contributed by atoms with E-state index in [2.05, 4.69) is 69.6 Å². The van der Waals surface area contributed by atoms with Gasteiger partial charge < -0.3 is 34.0 Å². The number of rotatable bonds is 4. The molecule has 0 saturated heterocycles. The Balaban J connectivity index is 0. The summed E-state index contributed by atoms with van der Waals surface area (Å²) in [6.45, 7) is 6.61. The van der Waals surface area contributed by atoms with Crippen LogP contribution in [0.3, 0.4) is 0 Å². The molecule has 0 N–H and O–H groups in total. The summed E-state index contributed by atoms with van der Waals surface area (Å²) in [7, 11) is 4.07. The van der Waals surface area contributed by atoms with Gasteiger partial charge in [0.05, 0.1) is 27.2 Å². The molecule has 20 heavy (non-hydrogen) atoms. The highest BCUT2D eigenvalue weighted by Crippen LogP contribution is 1.86. The fraction of sp³-hybridized carbons (Fsp3) is 0.571. The summed E-state index contributed by atoms with van der Waals surface area (Å²) in [6.07, 6.45) is 14.9. The van der Waals surface area contributed by atoms with Gasteiger partial charge in [0.15, 0.2) is 0 Å². The molecule has 2 aromatic heterocycles. The molecule has 0 aliphatic heterocycles. The number of hydrogen-bond donors (Lipinski definition) is 0. The van der Waals surface area contributed by atoms with Crippen molar-refractivity contribution in [2.75, 3.05) is 0 Å². The largest absolute Gasteiger partial charge is 1.00 e. The Morgan fingerprint density at radius 3 is 1.30 bits per heavy atom. The SMILES string of the molecule is CCCn1cc[n+](C)c1.CCCn1cc[n+](C)c1.[Br-].[Br-]. The summed E-state index contributed by atoms with van der Waals surface area (Å²) in [4.78, 5) is 0. The lowest BCUT2D eigenvalue weighted by molar-refractivity contribution is -0.671. The first-order valence-corrected chi connectivity index (χ1v) is 6.67. The normalized spacial score (nSPS) is 9.00. The molecule has 0 unspecified atom stereocenters. The van der Waals surface area contributed by atoms with Gasteiger partial charge in [-0.2, -0.15) is 0 Å². The van der Waals surface area contributed by atoms with Crippen molar-refractivity contribution in [3.63, 3.8) is 0 Å². The summed E-state index contributed by atoms with van der Waals surface area (Å²) in [5.41, 5.74) is 0. The van der Waals surface area contributed by atoms with Crippen LogP contribution in [0.1, 0.15) is 26.7 Å². The van der Waals surface area contributed by atoms with Crippen molar-refractivity contribution in [3.8, 4) is 0 Å². The fourth-order valence-electron chi connectivity index (χ4n) is 1.78. The van der Waals surface area contributed by atoms with Gasteiger partial charge in [0, 0.05) is 0 Å². The minimum atomic E-state index is 0. The zero-order valence-electron chi connectivity index (χ0n) is 12.8. The van der Waals surface area contributed by atoms with Gasteiger partial charge >= 0.3 is 0 Å². The minimum Gasteiger partial charge on any atom is -1.00 e. The third kappa shape index (κ3) is 8.53. The van der Waals surface area contributed by atoms with Crippen LogP contribution in [0.5, 0.6) is 0 Å². The van der Waals surface area contributed by atoms with Gasteiger partial charge in [-0.1, -0.05) is 13.8 Å². The van der Waals surface area contributed by atoms with Crippen LogP contribution < -0.4 is 43.1 Å². The Bertz CT molecular complexity index is 409. The maximum Gasteiger partial charge on any atom is 0.243 e. The highest BCUT2D eigenvalue weighted by Gasteiger charge is 1.95. The Kier molecular flexibility index (Phi) is 13.2. The summed E-state index contributed by atoms with van der Waals surface area (Å²) in [6, 6.07) is 0. The molecule has 0 radical (unpaired) electrons. The van der Waals surface area contributed by atoms with E-state index in [9.17, 15) is 0 Å². The van der Waals surface area contributed by atoms with Crippen LogP contribution >= 0.6 is 0 Å². The van der Waals surface area contributed by atoms with E-state index in [1.807, 2.05) is 14.1 Å². The van der Waals surface area contributed by atoms with Crippen molar-refractivity contribution in [1.29, 1.82) is 0 Å². The van der Waals surface area contributed by atoms with Crippen LogP contribution in [0.15, 0.2) is 37.4 Å². The highest BCUT2D eigenvalue weighted by atomic mass is 79.9. The Morgan fingerprint density at radius 1 is 0.750 bits per heavy atom. The molecule has 0 spiro atoms. The number of imidazole rings is 2. The highest BCUT2D eigenvalue weighted by molar-refractivity contribution is 4.65. The van der Waals surface area contributed by atoms with Crippen molar-refractivity contribution >= 4 is 0 Å². The number of aryl methyl sites for hydroxylation is 4. The molecule has 4 nitrogen and oxygen atoms in total. The molecule has 0 aliphatic carbocycles. The second-order valence-corrected chi connectivity index (χ2v) is 4.63. The predicted octanol–water partition coefficient (Wildman–Crippen LogP) is -4.55. The quantitative estimate of drug-likeness (QED) is 0.453. The van der Waals surface area contributed by atoms with Crippen LogP contribution in [0, 0.1) is 0 Å². The van der Waals surface area contributed by atoms with Gasteiger partial charge in [-0.3, -0.25) is 0 Å². The van der Waals surface area contributed by atoms with Crippen molar-refractivity contribution < 1.29 is 43.1 Å². The van der Waals surface area contributed by atoms with Gasteiger partial charge in [0.25, 0.3) is 0 Å². The summed E-state index contributed by atoms with van der Waals surface area (Å²) in [5.74, 6) is 0. The average molecular weight is 410 g/mol. The van der Waals surface area contributed by atoms with E-state index in [-0.39, 0.29) is 34.0 Å². The molecule has 6 heteroatoms. The van der Waals surface area contributed by atoms with Gasteiger partial charge in [0.1, 0.15) is 24.8 Å². The van der Waals surface area contributed by atoms with E-state index >= 15 is 0 Å². The number of halogens is 2. The van der Waals surface area contributed by atoms with E-state index in [1.54, 1.807) is 0 Å².